The Morgan fingerprint density at radius 3 is 2.45 bits per heavy atom. The van der Waals surface area contributed by atoms with Gasteiger partial charge in [-0.1, -0.05) is 23.7 Å². The lowest BCUT2D eigenvalue weighted by molar-refractivity contribution is 0.135. The highest BCUT2D eigenvalue weighted by atomic mass is 35.5. The van der Waals surface area contributed by atoms with Crippen molar-refractivity contribution in [2.24, 2.45) is 0 Å². The molecule has 1 aliphatic rings. The fraction of sp³-hybridized carbons (Fsp3) is 0.125. The van der Waals surface area contributed by atoms with Gasteiger partial charge in [0.15, 0.2) is 0 Å². The SMILES string of the molecule is O=C(Oc1ccc(Cl)cc1)N1CCc2c([nH]c3cc(F)ccc23)C1c1ccc(F)cc1. The van der Waals surface area contributed by atoms with Crippen molar-refractivity contribution >= 4 is 28.6 Å². The third kappa shape index (κ3) is 3.64. The molecule has 4 aromatic rings. The van der Waals surface area contributed by atoms with Crippen LogP contribution in [0.5, 0.6) is 5.75 Å². The lowest BCUT2D eigenvalue weighted by Gasteiger charge is -2.35. The minimum Gasteiger partial charge on any atom is -0.410 e. The van der Waals surface area contributed by atoms with Crippen molar-refractivity contribution in [3.8, 4) is 5.75 Å². The predicted octanol–water partition coefficient (Wildman–Crippen LogP) is 6.25. The summed E-state index contributed by atoms with van der Waals surface area (Å²) in [6.45, 7) is 0.395. The summed E-state index contributed by atoms with van der Waals surface area (Å²) in [6, 6.07) is 16.6. The van der Waals surface area contributed by atoms with Gasteiger partial charge < -0.3 is 9.72 Å². The molecular formula is C24H17ClF2N2O2. The molecule has 0 saturated carbocycles. The highest BCUT2D eigenvalue weighted by molar-refractivity contribution is 6.30. The van der Waals surface area contributed by atoms with Crippen LogP contribution in [-0.2, 0) is 6.42 Å². The van der Waals surface area contributed by atoms with E-state index >= 15 is 0 Å². The number of rotatable bonds is 2. The number of carbonyl (C=O) groups excluding carboxylic acids is 1. The van der Waals surface area contributed by atoms with Crippen LogP contribution in [0, 0.1) is 11.6 Å². The number of nitrogens with zero attached hydrogens (tertiary/aromatic N) is 1. The Bertz CT molecular complexity index is 1270. The number of nitrogens with one attached hydrogen (secondary N) is 1. The van der Waals surface area contributed by atoms with Gasteiger partial charge in [-0.25, -0.2) is 13.6 Å². The minimum absolute atomic E-state index is 0.344. The summed E-state index contributed by atoms with van der Waals surface area (Å²) < 4.78 is 32.9. The number of hydrogen-bond donors (Lipinski definition) is 1. The number of hydrogen-bond acceptors (Lipinski definition) is 2. The van der Waals surface area contributed by atoms with Crippen molar-refractivity contribution in [3.05, 3.63) is 100 Å². The second-order valence-electron chi connectivity index (χ2n) is 7.43. The van der Waals surface area contributed by atoms with E-state index in [4.69, 9.17) is 16.3 Å². The zero-order valence-electron chi connectivity index (χ0n) is 16.2. The Kier molecular flexibility index (Phi) is 4.87. The molecule has 4 nitrogen and oxygen atoms in total. The molecule has 0 radical (unpaired) electrons. The molecule has 1 aromatic heterocycles. The first-order chi connectivity index (χ1) is 15.0. The summed E-state index contributed by atoms with van der Waals surface area (Å²) >= 11 is 5.91. The highest BCUT2D eigenvalue weighted by Gasteiger charge is 2.35. The number of amides is 1. The number of H-pyrrole nitrogens is 1. The summed E-state index contributed by atoms with van der Waals surface area (Å²) in [7, 11) is 0. The second kappa shape index (κ2) is 7.71. The fourth-order valence-corrected chi connectivity index (χ4v) is 4.25. The first-order valence-electron chi connectivity index (χ1n) is 9.79. The first-order valence-corrected chi connectivity index (χ1v) is 10.2. The van der Waals surface area contributed by atoms with Gasteiger partial charge in [-0.15, -0.1) is 0 Å². The summed E-state index contributed by atoms with van der Waals surface area (Å²) in [6.07, 6.45) is 0.0427. The topological polar surface area (TPSA) is 45.3 Å². The quantitative estimate of drug-likeness (QED) is 0.402. The van der Waals surface area contributed by atoms with Crippen LogP contribution in [0.25, 0.3) is 10.9 Å². The molecule has 0 spiro atoms. The van der Waals surface area contributed by atoms with E-state index in [0.29, 0.717) is 29.3 Å². The molecule has 0 fully saturated rings. The van der Waals surface area contributed by atoms with Crippen molar-refractivity contribution in [2.75, 3.05) is 6.54 Å². The van der Waals surface area contributed by atoms with Gasteiger partial charge >= 0.3 is 6.09 Å². The van der Waals surface area contributed by atoms with Crippen LogP contribution in [0.1, 0.15) is 22.9 Å². The van der Waals surface area contributed by atoms with Crippen molar-refractivity contribution in [3.63, 3.8) is 0 Å². The molecule has 1 amide bonds. The number of halogens is 3. The van der Waals surface area contributed by atoms with Gasteiger partial charge in [0.2, 0.25) is 0 Å². The average molecular weight is 439 g/mol. The van der Waals surface area contributed by atoms with E-state index in [0.717, 1.165) is 22.2 Å². The van der Waals surface area contributed by atoms with Gasteiger partial charge in [0, 0.05) is 28.2 Å². The van der Waals surface area contributed by atoms with E-state index < -0.39 is 12.1 Å². The number of ether oxygens (including phenoxy) is 1. The third-order valence-electron chi connectivity index (χ3n) is 5.53. The number of carbonyl (C=O) groups is 1. The van der Waals surface area contributed by atoms with E-state index in [-0.39, 0.29) is 11.6 Å². The molecule has 31 heavy (non-hydrogen) atoms. The molecule has 1 atom stereocenters. The van der Waals surface area contributed by atoms with E-state index in [2.05, 4.69) is 4.98 Å². The molecule has 1 unspecified atom stereocenters. The Morgan fingerprint density at radius 2 is 1.71 bits per heavy atom. The van der Waals surface area contributed by atoms with Gasteiger partial charge in [-0.2, -0.15) is 0 Å². The van der Waals surface area contributed by atoms with E-state index in [1.807, 2.05) is 0 Å². The Balaban J connectivity index is 1.57. The zero-order valence-corrected chi connectivity index (χ0v) is 17.0. The molecule has 0 bridgehead atoms. The molecule has 5 rings (SSSR count). The summed E-state index contributed by atoms with van der Waals surface area (Å²) in [5.74, 6) is -0.339. The van der Waals surface area contributed by atoms with Crippen molar-refractivity contribution in [1.82, 2.24) is 9.88 Å². The first kappa shape index (κ1) is 19.6. The molecule has 2 heterocycles. The monoisotopic (exact) mass is 438 g/mol. The maximum absolute atomic E-state index is 13.8. The van der Waals surface area contributed by atoms with Crippen LogP contribution in [0.3, 0.4) is 0 Å². The highest BCUT2D eigenvalue weighted by Crippen LogP contribution is 2.39. The zero-order chi connectivity index (χ0) is 21.5. The van der Waals surface area contributed by atoms with Crippen molar-refractivity contribution in [2.45, 2.75) is 12.5 Å². The lowest BCUT2D eigenvalue weighted by Crippen LogP contribution is -2.42. The fourth-order valence-electron chi connectivity index (χ4n) is 4.12. The molecule has 7 heteroatoms. The maximum atomic E-state index is 13.8. The summed E-state index contributed by atoms with van der Waals surface area (Å²) in [4.78, 5) is 18.0. The lowest BCUT2D eigenvalue weighted by atomic mass is 9.92. The van der Waals surface area contributed by atoms with Crippen LogP contribution in [0.2, 0.25) is 5.02 Å². The van der Waals surface area contributed by atoms with Crippen LogP contribution >= 0.6 is 11.6 Å². The van der Waals surface area contributed by atoms with E-state index in [1.165, 1.54) is 24.3 Å². The summed E-state index contributed by atoms with van der Waals surface area (Å²) in [5.41, 5.74) is 3.17. The van der Waals surface area contributed by atoms with Crippen LogP contribution < -0.4 is 4.74 Å². The third-order valence-corrected chi connectivity index (χ3v) is 5.78. The molecule has 1 aliphatic heterocycles. The second-order valence-corrected chi connectivity index (χ2v) is 7.86. The Labute approximate surface area is 182 Å². The Morgan fingerprint density at radius 1 is 1.00 bits per heavy atom. The molecule has 1 N–H and O–H groups in total. The predicted molar refractivity (Wildman–Crippen MR) is 114 cm³/mol. The maximum Gasteiger partial charge on any atom is 0.416 e. The molecular weight excluding hydrogens is 422 g/mol. The van der Waals surface area contributed by atoms with Crippen LogP contribution in [0.15, 0.2) is 66.7 Å². The average Bonchev–Trinajstić information content (AvgIpc) is 3.13. The number of aromatic amines is 1. The number of fused-ring (bicyclic) bond motifs is 3. The molecule has 156 valence electrons. The molecule has 3 aromatic carbocycles. The van der Waals surface area contributed by atoms with Gasteiger partial charge in [0.1, 0.15) is 23.4 Å². The van der Waals surface area contributed by atoms with Gasteiger partial charge in [-0.3, -0.25) is 4.90 Å². The van der Waals surface area contributed by atoms with Crippen molar-refractivity contribution < 1.29 is 18.3 Å². The van der Waals surface area contributed by atoms with E-state index in [9.17, 15) is 13.6 Å². The Hall–Kier alpha value is -3.38. The normalized spacial score (nSPS) is 15.7. The minimum atomic E-state index is -0.535. The van der Waals surface area contributed by atoms with Crippen molar-refractivity contribution in [1.29, 1.82) is 0 Å². The van der Waals surface area contributed by atoms with E-state index in [1.54, 1.807) is 47.4 Å². The smallest absolute Gasteiger partial charge is 0.410 e. The molecule has 0 saturated heterocycles. The molecule has 0 aliphatic carbocycles. The number of benzene rings is 3. The van der Waals surface area contributed by atoms with Crippen LogP contribution in [0.4, 0.5) is 13.6 Å². The van der Waals surface area contributed by atoms with Gasteiger partial charge in [0.05, 0.1) is 0 Å². The summed E-state index contributed by atoms with van der Waals surface area (Å²) in [5, 5.41) is 1.45. The van der Waals surface area contributed by atoms with Crippen LogP contribution in [-0.4, -0.2) is 22.5 Å². The van der Waals surface area contributed by atoms with Gasteiger partial charge in [-0.05, 0) is 72.1 Å². The van der Waals surface area contributed by atoms with Gasteiger partial charge in [0.25, 0.3) is 0 Å². The largest absolute Gasteiger partial charge is 0.416 e. The number of aromatic nitrogens is 1. The standard InChI is InChI=1S/C24H17ClF2N2O2/c25-15-3-8-18(9-4-15)31-24(30)29-12-11-20-19-10-7-17(27)13-21(19)28-22(20)23(29)14-1-5-16(26)6-2-14/h1-10,13,23,28H,11-12H2.